The fourth-order valence-corrected chi connectivity index (χ4v) is 19.6. The van der Waals surface area contributed by atoms with Gasteiger partial charge >= 0.3 is 0 Å². The minimum atomic E-state index is -4.76. The second-order valence-electron chi connectivity index (χ2n) is 21.6. The largest absolute Gasteiger partial charge is 0.310 e. The standard InChI is InChI=1S/C43H68N8O15S6/c1-23-35(22-44)36(45-27-8-12-31(13-9-27)69(53,54)55)21-37(46-28-10-14-32(15-11-28)70(56,57)58)40(23)49-51-43-47-41(26-7-6-24-4-2-3-5-25(24)16-26)42(67-43)50-48-29-17-33-34(38(18-29)71(59,60)61)19-30(68-66-65-52)20-39(33)72(62,63)64/h23-40,45-46,52H,2-21H2,1H3,(H,53,54,55)(H,56,57,58)(H,59,60,61)(H,62,63,64). The van der Waals surface area contributed by atoms with Crippen LogP contribution in [0.15, 0.2) is 20.5 Å². The van der Waals surface area contributed by atoms with Gasteiger partial charge < -0.3 is 10.6 Å². The maximum Gasteiger partial charge on any atom is 0.268 e. The van der Waals surface area contributed by atoms with Gasteiger partial charge in [-0.05, 0) is 132 Å². The number of hydrogen-bond donors (Lipinski definition) is 7. The van der Waals surface area contributed by atoms with E-state index in [9.17, 15) is 57.1 Å². The highest BCUT2D eigenvalue weighted by Crippen LogP contribution is 2.52. The smallest absolute Gasteiger partial charge is 0.268 e. The Morgan fingerprint density at radius 1 is 0.667 bits per heavy atom. The number of azo groups is 2. The van der Waals surface area contributed by atoms with Gasteiger partial charge in [0.25, 0.3) is 40.5 Å². The van der Waals surface area contributed by atoms with E-state index in [2.05, 4.69) is 31.2 Å². The summed E-state index contributed by atoms with van der Waals surface area (Å²) in [6.45, 7) is 1.93. The molecular formula is C43H68N8O15S6. The molecule has 8 rings (SSSR count). The second-order valence-corrected chi connectivity index (χ2v) is 30.2. The summed E-state index contributed by atoms with van der Waals surface area (Å²) in [5.74, 6) is -1.61. The predicted octanol–water partition coefficient (Wildman–Crippen LogP) is 7.39. The van der Waals surface area contributed by atoms with Gasteiger partial charge in [-0.3, -0.25) is 18.2 Å². The van der Waals surface area contributed by atoms with Crippen molar-refractivity contribution in [2.24, 2.45) is 56.0 Å². The molecule has 0 amide bonds. The van der Waals surface area contributed by atoms with E-state index in [1.165, 1.54) is 12.8 Å². The van der Waals surface area contributed by atoms with Gasteiger partial charge in [0.15, 0.2) is 5.00 Å². The molecule has 0 spiro atoms. The fourth-order valence-electron chi connectivity index (χ4n) is 13.8. The molecule has 0 aromatic carbocycles. The molecule has 14 atom stereocenters. The van der Waals surface area contributed by atoms with Gasteiger partial charge in [0, 0.05) is 47.4 Å². The summed E-state index contributed by atoms with van der Waals surface area (Å²) in [6, 6.07) is 0.173. The van der Waals surface area contributed by atoms with Crippen molar-refractivity contribution in [1.82, 2.24) is 15.6 Å². The number of nitrogens with zero attached hydrogens (tertiary/aromatic N) is 6. The third-order valence-corrected chi connectivity index (χ3v) is 24.3. The minimum absolute atomic E-state index is 0.00449. The number of thiazole rings is 1. The van der Waals surface area contributed by atoms with Gasteiger partial charge in [-0.15, -0.1) is 14.6 Å². The summed E-state index contributed by atoms with van der Waals surface area (Å²) in [7, 11) is -17.9. The van der Waals surface area contributed by atoms with E-state index in [-0.39, 0.29) is 92.5 Å². The van der Waals surface area contributed by atoms with E-state index in [1.54, 1.807) is 0 Å². The Hall–Kier alpha value is -1.89. The molecule has 7 fully saturated rings. The number of rotatable bonds is 16. The van der Waals surface area contributed by atoms with Gasteiger partial charge in [0.05, 0.1) is 50.8 Å². The number of nitriles is 1. The molecule has 0 radical (unpaired) electrons. The lowest BCUT2D eigenvalue weighted by Gasteiger charge is -2.46. The van der Waals surface area contributed by atoms with Crippen molar-refractivity contribution in [2.75, 3.05) is 0 Å². The molecular weight excluding hydrogens is 1060 g/mol. The Labute approximate surface area is 430 Å². The van der Waals surface area contributed by atoms with Crippen LogP contribution in [0.5, 0.6) is 0 Å². The Balaban J connectivity index is 1.08. The Morgan fingerprint density at radius 2 is 1.25 bits per heavy atom. The summed E-state index contributed by atoms with van der Waals surface area (Å²) in [5.41, 5.74) is 0.672. The zero-order valence-corrected chi connectivity index (χ0v) is 44.9. The van der Waals surface area contributed by atoms with Crippen LogP contribution in [0.25, 0.3) is 0 Å². The molecule has 1 aromatic rings. The first-order valence-electron chi connectivity index (χ1n) is 25.2. The van der Waals surface area contributed by atoms with E-state index >= 15 is 0 Å². The van der Waals surface area contributed by atoms with E-state index < -0.39 is 96.6 Å². The monoisotopic (exact) mass is 1130 g/mol. The molecule has 72 heavy (non-hydrogen) atoms. The average molecular weight is 1130 g/mol. The SMILES string of the molecule is CC1C(C#N)C(NC2CCC(S(=O)(=O)O)CC2)CC(NC2CCC(S(=O)(=O)O)CC2)C1N=Nc1nc(C2CCC3CCCCC3C2)c(N=NC2CC3C(CC(SOOO)CC3S(=O)(=O)O)C(S(=O)(=O)O)C2)s1. The van der Waals surface area contributed by atoms with Crippen LogP contribution < -0.4 is 10.6 Å². The third kappa shape index (κ3) is 13.6. The zero-order valence-electron chi connectivity index (χ0n) is 40.0. The first kappa shape index (κ1) is 56.3. The van der Waals surface area contributed by atoms with Crippen LogP contribution in [0.2, 0.25) is 0 Å². The van der Waals surface area contributed by atoms with Crippen LogP contribution in [0.4, 0.5) is 10.1 Å². The number of hydrogen-bond acceptors (Lipinski definition) is 21. The number of nitrogens with one attached hydrogen (secondary N) is 2. The van der Waals surface area contributed by atoms with E-state index in [0.29, 0.717) is 66.7 Å². The molecule has 406 valence electrons. The van der Waals surface area contributed by atoms with Crippen molar-refractivity contribution in [3.05, 3.63) is 5.69 Å². The maximum atomic E-state index is 13.0. The molecule has 1 heterocycles. The molecule has 7 N–H and O–H groups in total. The van der Waals surface area contributed by atoms with Gasteiger partial charge in [-0.25, -0.2) is 10.2 Å². The summed E-state index contributed by atoms with van der Waals surface area (Å²) >= 11 is 1.74. The molecule has 14 unspecified atom stereocenters. The molecule has 7 aliphatic rings. The third-order valence-electron chi connectivity index (χ3n) is 17.4. The fraction of sp³-hybridized carbons (Fsp3) is 0.907. The van der Waals surface area contributed by atoms with Gasteiger partial charge in [-0.2, -0.15) is 49.2 Å². The van der Waals surface area contributed by atoms with Gasteiger partial charge in [-0.1, -0.05) is 49.0 Å². The van der Waals surface area contributed by atoms with Crippen molar-refractivity contribution < 1.29 is 66.5 Å². The predicted molar refractivity (Wildman–Crippen MR) is 265 cm³/mol. The van der Waals surface area contributed by atoms with Crippen molar-refractivity contribution >= 4 is 74.0 Å². The lowest BCUT2D eigenvalue weighted by molar-refractivity contribution is -0.432. The van der Waals surface area contributed by atoms with Crippen molar-refractivity contribution in [3.63, 3.8) is 0 Å². The minimum Gasteiger partial charge on any atom is -0.310 e. The van der Waals surface area contributed by atoms with Gasteiger partial charge in [0.1, 0.15) is 0 Å². The van der Waals surface area contributed by atoms with Crippen LogP contribution in [0.3, 0.4) is 0 Å². The lowest BCUT2D eigenvalue weighted by atomic mass is 9.67. The summed E-state index contributed by atoms with van der Waals surface area (Å²) in [4.78, 5) is 5.04. The quantitative estimate of drug-likeness (QED) is 0.0279. The van der Waals surface area contributed by atoms with Crippen LogP contribution >= 0.6 is 23.4 Å². The summed E-state index contributed by atoms with van der Waals surface area (Å²) in [6.07, 6.45) is 10.6. The molecule has 0 bridgehead atoms. The topological polar surface area (TPSA) is 366 Å². The normalized spacial score (nSPS) is 39.6. The first-order chi connectivity index (χ1) is 34.0. The molecule has 29 heteroatoms. The summed E-state index contributed by atoms with van der Waals surface area (Å²) < 4.78 is 144. The van der Waals surface area contributed by atoms with Crippen LogP contribution in [0.1, 0.15) is 147 Å². The highest BCUT2D eigenvalue weighted by atomic mass is 32.2. The molecule has 7 aliphatic carbocycles. The molecule has 0 aliphatic heterocycles. The van der Waals surface area contributed by atoms with E-state index in [0.717, 1.165) is 43.4 Å². The average Bonchev–Trinajstić information content (AvgIpc) is 3.74. The number of aromatic nitrogens is 1. The van der Waals surface area contributed by atoms with Crippen LogP contribution in [0, 0.1) is 46.8 Å². The highest BCUT2D eigenvalue weighted by molar-refractivity contribution is 7.95. The molecule has 7 saturated carbocycles. The Kier molecular flexibility index (Phi) is 18.3. The van der Waals surface area contributed by atoms with E-state index in [1.807, 2.05) is 6.92 Å². The summed E-state index contributed by atoms with van der Waals surface area (Å²) in [5, 5.41) is 44.9. The van der Waals surface area contributed by atoms with Crippen LogP contribution in [-0.4, -0.2) is 125 Å². The van der Waals surface area contributed by atoms with Crippen LogP contribution in [-0.2, 0) is 49.8 Å². The Bertz CT molecular complexity index is 2610. The van der Waals surface area contributed by atoms with Crippen molar-refractivity contribution in [1.29, 1.82) is 5.26 Å². The molecule has 0 saturated heterocycles. The highest BCUT2D eigenvalue weighted by Gasteiger charge is 2.54. The lowest BCUT2D eigenvalue weighted by Crippen LogP contribution is -2.60. The maximum absolute atomic E-state index is 13.0. The second kappa shape index (κ2) is 23.4. The molecule has 23 nitrogen and oxygen atoms in total. The van der Waals surface area contributed by atoms with Crippen molar-refractivity contribution in [3.8, 4) is 6.07 Å². The Morgan fingerprint density at radius 3 is 1.83 bits per heavy atom. The first-order valence-corrected chi connectivity index (χ1v) is 32.9. The van der Waals surface area contributed by atoms with E-state index in [4.69, 9.17) is 25.6 Å². The zero-order chi connectivity index (χ0) is 51.8. The van der Waals surface area contributed by atoms with Gasteiger partial charge in [0.2, 0.25) is 5.13 Å². The number of fused-ring (bicyclic) bond motifs is 2. The molecule has 1 aromatic heterocycles. The van der Waals surface area contributed by atoms with Crippen molar-refractivity contribution in [2.45, 2.75) is 204 Å².